The highest BCUT2D eigenvalue weighted by molar-refractivity contribution is 5.73. The Hall–Kier alpha value is -1.37. The van der Waals surface area contributed by atoms with Gasteiger partial charge in [0.15, 0.2) is 0 Å². The van der Waals surface area contributed by atoms with Crippen molar-refractivity contribution in [3.63, 3.8) is 0 Å². The smallest absolute Gasteiger partial charge is 0.142 e. The van der Waals surface area contributed by atoms with Gasteiger partial charge in [0, 0.05) is 0 Å². The molecule has 66 valence electrons. The largest absolute Gasteiger partial charge is 0.299 e. The summed E-state index contributed by atoms with van der Waals surface area (Å²) in [7, 11) is 0. The molecule has 2 rings (SSSR count). The second-order valence-corrected chi connectivity index (χ2v) is 3.44. The van der Waals surface area contributed by atoms with E-state index in [4.69, 9.17) is 0 Å². The van der Waals surface area contributed by atoms with Gasteiger partial charge < -0.3 is 0 Å². The Morgan fingerprint density at radius 3 is 2.38 bits per heavy atom. The SMILES string of the molecule is O=CC=Cc1ccc(C2CC2)cc1. The minimum absolute atomic E-state index is 0.800. The summed E-state index contributed by atoms with van der Waals surface area (Å²) in [4.78, 5) is 10.1. The van der Waals surface area contributed by atoms with Crippen molar-refractivity contribution in [2.24, 2.45) is 0 Å². The van der Waals surface area contributed by atoms with Gasteiger partial charge in [-0.2, -0.15) is 0 Å². The van der Waals surface area contributed by atoms with Gasteiger partial charge >= 0.3 is 0 Å². The van der Waals surface area contributed by atoms with Gasteiger partial charge in [0.1, 0.15) is 6.29 Å². The van der Waals surface area contributed by atoms with Gasteiger partial charge in [0.05, 0.1) is 0 Å². The summed E-state index contributed by atoms with van der Waals surface area (Å²) in [6.07, 6.45) is 6.82. The Bertz CT molecular complexity index is 317. The Kier molecular flexibility index (Phi) is 2.26. The molecule has 0 bridgehead atoms. The highest BCUT2D eigenvalue weighted by Gasteiger charge is 2.22. The van der Waals surface area contributed by atoms with E-state index in [0.717, 1.165) is 17.8 Å². The fraction of sp³-hybridized carbons (Fsp3) is 0.250. The lowest BCUT2D eigenvalue weighted by atomic mass is 10.1. The summed E-state index contributed by atoms with van der Waals surface area (Å²) in [5, 5.41) is 0. The van der Waals surface area contributed by atoms with Crippen molar-refractivity contribution < 1.29 is 4.79 Å². The van der Waals surface area contributed by atoms with Crippen LogP contribution in [0.2, 0.25) is 0 Å². The van der Waals surface area contributed by atoms with E-state index < -0.39 is 0 Å². The summed E-state index contributed by atoms with van der Waals surface area (Å²) in [5.74, 6) is 0.809. The molecule has 1 aromatic carbocycles. The fourth-order valence-electron chi connectivity index (χ4n) is 1.45. The molecule has 0 atom stereocenters. The zero-order valence-electron chi connectivity index (χ0n) is 7.44. The van der Waals surface area contributed by atoms with Crippen LogP contribution in [0.3, 0.4) is 0 Å². The Balaban J connectivity index is 2.12. The average molecular weight is 172 g/mol. The van der Waals surface area contributed by atoms with Crippen LogP contribution < -0.4 is 0 Å². The van der Waals surface area contributed by atoms with Crippen molar-refractivity contribution in [3.8, 4) is 0 Å². The zero-order valence-corrected chi connectivity index (χ0v) is 7.44. The van der Waals surface area contributed by atoms with E-state index in [-0.39, 0.29) is 0 Å². The molecule has 1 nitrogen and oxygen atoms in total. The standard InChI is InChI=1S/C12H12O/c13-9-1-2-10-3-5-11(6-4-10)12-7-8-12/h1-6,9,12H,7-8H2. The fourth-order valence-corrected chi connectivity index (χ4v) is 1.45. The van der Waals surface area contributed by atoms with E-state index in [0.29, 0.717) is 0 Å². The maximum atomic E-state index is 10.1. The molecule has 0 aromatic heterocycles. The lowest BCUT2D eigenvalue weighted by molar-refractivity contribution is -0.104. The molecule has 0 heterocycles. The first-order valence-electron chi connectivity index (χ1n) is 4.62. The Labute approximate surface area is 78.1 Å². The first kappa shape index (κ1) is 8.24. The monoisotopic (exact) mass is 172 g/mol. The molecule has 0 amide bonds. The summed E-state index contributed by atoms with van der Waals surface area (Å²) >= 11 is 0. The number of allylic oxidation sites excluding steroid dienone is 1. The van der Waals surface area contributed by atoms with E-state index in [1.165, 1.54) is 24.5 Å². The highest BCUT2D eigenvalue weighted by atomic mass is 16.1. The zero-order chi connectivity index (χ0) is 9.10. The third kappa shape index (κ3) is 2.05. The number of aldehydes is 1. The van der Waals surface area contributed by atoms with Crippen LogP contribution in [0.1, 0.15) is 29.9 Å². The molecule has 13 heavy (non-hydrogen) atoms. The summed E-state index contributed by atoms with van der Waals surface area (Å²) in [6, 6.07) is 8.44. The van der Waals surface area contributed by atoms with E-state index in [1.54, 1.807) is 0 Å². The number of hydrogen-bond acceptors (Lipinski definition) is 1. The predicted molar refractivity (Wildman–Crippen MR) is 53.5 cm³/mol. The van der Waals surface area contributed by atoms with Crippen LogP contribution in [-0.4, -0.2) is 6.29 Å². The molecule has 0 spiro atoms. The second kappa shape index (κ2) is 3.56. The number of benzene rings is 1. The quantitative estimate of drug-likeness (QED) is 0.506. The summed E-state index contributed by atoms with van der Waals surface area (Å²) in [5.41, 5.74) is 2.53. The molecule has 1 saturated carbocycles. The lowest BCUT2D eigenvalue weighted by Crippen LogP contribution is -1.78. The minimum Gasteiger partial charge on any atom is -0.299 e. The normalized spacial score (nSPS) is 16.3. The van der Waals surface area contributed by atoms with Gasteiger partial charge in [-0.25, -0.2) is 0 Å². The van der Waals surface area contributed by atoms with Crippen LogP contribution in [0.5, 0.6) is 0 Å². The first-order valence-corrected chi connectivity index (χ1v) is 4.62. The Morgan fingerprint density at radius 2 is 1.85 bits per heavy atom. The molecule has 1 aliphatic rings. The van der Waals surface area contributed by atoms with Crippen molar-refractivity contribution in [3.05, 3.63) is 41.5 Å². The van der Waals surface area contributed by atoms with Crippen molar-refractivity contribution in [1.29, 1.82) is 0 Å². The molecular weight excluding hydrogens is 160 g/mol. The maximum Gasteiger partial charge on any atom is 0.142 e. The van der Waals surface area contributed by atoms with Gasteiger partial charge in [-0.05, 0) is 36.0 Å². The number of carbonyl (C=O) groups excluding carboxylic acids is 1. The van der Waals surface area contributed by atoms with Gasteiger partial charge in [0.25, 0.3) is 0 Å². The van der Waals surface area contributed by atoms with Crippen LogP contribution in [0.25, 0.3) is 6.08 Å². The number of rotatable bonds is 3. The van der Waals surface area contributed by atoms with E-state index in [1.807, 2.05) is 6.08 Å². The predicted octanol–water partition coefficient (Wildman–Crippen LogP) is 2.78. The molecule has 1 fully saturated rings. The third-order valence-corrected chi connectivity index (χ3v) is 2.35. The molecule has 0 aliphatic heterocycles. The van der Waals surface area contributed by atoms with Crippen LogP contribution in [0, 0.1) is 0 Å². The topological polar surface area (TPSA) is 17.1 Å². The number of hydrogen-bond donors (Lipinski definition) is 0. The van der Waals surface area contributed by atoms with Gasteiger partial charge in [0.2, 0.25) is 0 Å². The minimum atomic E-state index is 0.800. The molecule has 0 saturated heterocycles. The highest BCUT2D eigenvalue weighted by Crippen LogP contribution is 2.39. The molecule has 1 heteroatoms. The molecular formula is C12H12O. The van der Waals surface area contributed by atoms with Crippen LogP contribution in [0.4, 0.5) is 0 Å². The van der Waals surface area contributed by atoms with Crippen LogP contribution >= 0.6 is 0 Å². The van der Waals surface area contributed by atoms with Crippen molar-refractivity contribution in [2.75, 3.05) is 0 Å². The van der Waals surface area contributed by atoms with Gasteiger partial charge in [-0.1, -0.05) is 30.3 Å². The molecule has 0 unspecified atom stereocenters. The van der Waals surface area contributed by atoms with Gasteiger partial charge in [-0.3, -0.25) is 4.79 Å². The number of carbonyl (C=O) groups is 1. The van der Waals surface area contributed by atoms with E-state index in [9.17, 15) is 4.79 Å². The van der Waals surface area contributed by atoms with E-state index in [2.05, 4.69) is 24.3 Å². The lowest BCUT2D eigenvalue weighted by Gasteiger charge is -1.97. The third-order valence-electron chi connectivity index (χ3n) is 2.35. The summed E-state index contributed by atoms with van der Waals surface area (Å²) in [6.45, 7) is 0. The molecule has 0 radical (unpaired) electrons. The summed E-state index contributed by atoms with van der Waals surface area (Å²) < 4.78 is 0. The van der Waals surface area contributed by atoms with Crippen molar-refractivity contribution in [1.82, 2.24) is 0 Å². The Morgan fingerprint density at radius 1 is 1.15 bits per heavy atom. The van der Waals surface area contributed by atoms with Crippen molar-refractivity contribution >= 4 is 12.4 Å². The van der Waals surface area contributed by atoms with Crippen molar-refractivity contribution in [2.45, 2.75) is 18.8 Å². The van der Waals surface area contributed by atoms with Crippen LogP contribution in [0.15, 0.2) is 30.3 Å². The van der Waals surface area contributed by atoms with Gasteiger partial charge in [-0.15, -0.1) is 0 Å². The maximum absolute atomic E-state index is 10.1. The average Bonchev–Trinajstić information content (AvgIpc) is 2.99. The molecule has 1 aliphatic carbocycles. The second-order valence-electron chi connectivity index (χ2n) is 3.44. The first-order chi connectivity index (χ1) is 6.40. The molecule has 1 aromatic rings. The van der Waals surface area contributed by atoms with E-state index >= 15 is 0 Å². The van der Waals surface area contributed by atoms with Crippen LogP contribution in [-0.2, 0) is 4.79 Å². The molecule has 0 N–H and O–H groups in total.